The van der Waals surface area contributed by atoms with E-state index in [0.29, 0.717) is 11.1 Å². The third kappa shape index (κ3) is 3.43. The molecule has 0 heterocycles. The molecular formula is C14H10N2O4S. The zero-order valence-electron chi connectivity index (χ0n) is 10.8. The fourth-order valence-electron chi connectivity index (χ4n) is 1.75. The molecule has 0 N–H and O–H groups in total. The minimum Gasteiger partial charge on any atom is -0.258 e. The van der Waals surface area contributed by atoms with E-state index in [0.717, 1.165) is 0 Å². The third-order valence-corrected chi connectivity index (χ3v) is 4.55. The predicted molar refractivity (Wildman–Crippen MR) is 75.1 cm³/mol. The van der Waals surface area contributed by atoms with Crippen molar-refractivity contribution in [3.05, 3.63) is 69.8 Å². The number of hydrogen-bond acceptors (Lipinski definition) is 5. The summed E-state index contributed by atoms with van der Waals surface area (Å²) in [5.74, 6) is -0.253. The molecule has 0 saturated carbocycles. The van der Waals surface area contributed by atoms with Crippen molar-refractivity contribution in [3.63, 3.8) is 0 Å². The number of sulfone groups is 1. The summed E-state index contributed by atoms with van der Waals surface area (Å²) < 4.78 is 24.4. The maximum atomic E-state index is 12.2. The van der Waals surface area contributed by atoms with Crippen molar-refractivity contribution >= 4 is 15.5 Å². The second-order valence-corrected chi connectivity index (χ2v) is 6.31. The van der Waals surface area contributed by atoms with E-state index in [9.17, 15) is 18.5 Å². The fraction of sp³-hybridized carbons (Fsp3) is 0.0714. The summed E-state index contributed by atoms with van der Waals surface area (Å²) in [6.07, 6.45) is 0. The Morgan fingerprint density at radius 1 is 1.05 bits per heavy atom. The molecule has 0 spiro atoms. The van der Waals surface area contributed by atoms with Crippen molar-refractivity contribution in [2.45, 2.75) is 10.6 Å². The molecule has 0 aliphatic carbocycles. The summed E-state index contributed by atoms with van der Waals surface area (Å²) in [6.45, 7) is 0. The first-order valence-electron chi connectivity index (χ1n) is 5.88. The van der Waals surface area contributed by atoms with Crippen LogP contribution in [-0.2, 0) is 15.6 Å². The molecule has 0 fully saturated rings. The lowest BCUT2D eigenvalue weighted by atomic mass is 10.2. The molecule has 0 aliphatic rings. The van der Waals surface area contributed by atoms with Crippen LogP contribution in [0, 0.1) is 21.4 Å². The van der Waals surface area contributed by atoms with Crippen LogP contribution < -0.4 is 0 Å². The van der Waals surface area contributed by atoms with Crippen LogP contribution in [0.1, 0.15) is 11.1 Å². The molecular weight excluding hydrogens is 292 g/mol. The molecule has 0 aromatic heterocycles. The highest BCUT2D eigenvalue weighted by molar-refractivity contribution is 7.90. The van der Waals surface area contributed by atoms with E-state index in [1.54, 1.807) is 0 Å². The van der Waals surface area contributed by atoms with Gasteiger partial charge in [0.05, 0.1) is 27.2 Å². The van der Waals surface area contributed by atoms with Crippen LogP contribution in [0.2, 0.25) is 0 Å². The smallest absolute Gasteiger partial charge is 0.258 e. The monoisotopic (exact) mass is 302 g/mol. The van der Waals surface area contributed by atoms with Gasteiger partial charge in [0, 0.05) is 12.1 Å². The summed E-state index contributed by atoms with van der Waals surface area (Å²) in [5, 5.41) is 19.2. The van der Waals surface area contributed by atoms with E-state index in [1.165, 1.54) is 48.5 Å². The van der Waals surface area contributed by atoms with Gasteiger partial charge in [-0.2, -0.15) is 5.26 Å². The Balaban J connectivity index is 2.24. The number of non-ortho nitro benzene ring substituents is 1. The molecule has 0 aliphatic heterocycles. The summed E-state index contributed by atoms with van der Waals surface area (Å²) in [5.41, 5.74) is 0.753. The lowest BCUT2D eigenvalue weighted by Crippen LogP contribution is -2.05. The Bertz CT molecular complexity index is 804. The average molecular weight is 302 g/mol. The lowest BCUT2D eigenvalue weighted by molar-refractivity contribution is -0.384. The van der Waals surface area contributed by atoms with E-state index >= 15 is 0 Å². The van der Waals surface area contributed by atoms with Gasteiger partial charge in [0.25, 0.3) is 5.69 Å². The van der Waals surface area contributed by atoms with Crippen LogP contribution in [0.4, 0.5) is 5.69 Å². The number of nitriles is 1. The molecule has 0 radical (unpaired) electrons. The van der Waals surface area contributed by atoms with Crippen molar-refractivity contribution in [3.8, 4) is 6.07 Å². The maximum Gasteiger partial charge on any atom is 0.269 e. The SMILES string of the molecule is N#Cc1ccc(S(=O)(=O)Cc2ccc([N+](=O)[O-])cc2)cc1. The molecule has 0 unspecified atom stereocenters. The number of nitro groups is 1. The van der Waals surface area contributed by atoms with Gasteiger partial charge >= 0.3 is 0 Å². The van der Waals surface area contributed by atoms with E-state index in [1.807, 2.05) is 6.07 Å². The van der Waals surface area contributed by atoms with E-state index in [-0.39, 0.29) is 16.3 Å². The zero-order chi connectivity index (χ0) is 15.5. The van der Waals surface area contributed by atoms with Crippen molar-refractivity contribution in [2.75, 3.05) is 0 Å². The highest BCUT2D eigenvalue weighted by Gasteiger charge is 2.16. The first kappa shape index (κ1) is 14.7. The van der Waals surface area contributed by atoms with Gasteiger partial charge < -0.3 is 0 Å². The van der Waals surface area contributed by atoms with Gasteiger partial charge in [-0.25, -0.2) is 8.42 Å². The molecule has 2 rings (SSSR count). The normalized spacial score (nSPS) is 10.8. The average Bonchev–Trinajstić information content (AvgIpc) is 2.47. The van der Waals surface area contributed by atoms with Crippen LogP contribution >= 0.6 is 0 Å². The molecule has 0 bridgehead atoms. The predicted octanol–water partition coefficient (Wildman–Crippen LogP) is 2.44. The van der Waals surface area contributed by atoms with E-state index in [2.05, 4.69) is 0 Å². The fourth-order valence-corrected chi connectivity index (χ4v) is 3.10. The maximum absolute atomic E-state index is 12.2. The molecule has 106 valence electrons. The molecule has 7 heteroatoms. The minimum atomic E-state index is -3.55. The number of rotatable bonds is 4. The first-order valence-corrected chi connectivity index (χ1v) is 7.54. The Hall–Kier alpha value is -2.72. The topological polar surface area (TPSA) is 101 Å². The lowest BCUT2D eigenvalue weighted by Gasteiger charge is -2.04. The van der Waals surface area contributed by atoms with Gasteiger partial charge in [-0.05, 0) is 29.8 Å². The highest BCUT2D eigenvalue weighted by Crippen LogP contribution is 2.19. The third-order valence-electron chi connectivity index (χ3n) is 2.85. The quantitative estimate of drug-likeness (QED) is 0.637. The number of nitro benzene ring substituents is 1. The number of hydrogen-bond donors (Lipinski definition) is 0. The first-order chi connectivity index (χ1) is 9.92. The van der Waals surface area contributed by atoms with Gasteiger partial charge in [0.15, 0.2) is 9.84 Å². The Kier molecular flexibility index (Phi) is 4.00. The van der Waals surface area contributed by atoms with Gasteiger partial charge in [0.1, 0.15) is 0 Å². The summed E-state index contributed by atoms with van der Waals surface area (Å²) in [4.78, 5) is 10.1. The van der Waals surface area contributed by atoms with Crippen molar-refractivity contribution < 1.29 is 13.3 Å². The second kappa shape index (κ2) is 5.73. The number of nitrogens with zero attached hydrogens (tertiary/aromatic N) is 2. The van der Waals surface area contributed by atoms with E-state index in [4.69, 9.17) is 5.26 Å². The largest absolute Gasteiger partial charge is 0.269 e. The molecule has 0 atom stereocenters. The molecule has 21 heavy (non-hydrogen) atoms. The van der Waals surface area contributed by atoms with Crippen molar-refractivity contribution in [1.29, 1.82) is 5.26 Å². The Labute approximate surface area is 121 Å². The zero-order valence-corrected chi connectivity index (χ0v) is 11.6. The molecule has 6 nitrogen and oxygen atoms in total. The summed E-state index contributed by atoms with van der Waals surface area (Å²) >= 11 is 0. The van der Waals surface area contributed by atoms with Crippen LogP contribution in [-0.4, -0.2) is 13.3 Å². The van der Waals surface area contributed by atoms with Gasteiger partial charge in [-0.3, -0.25) is 10.1 Å². The summed E-state index contributed by atoms with van der Waals surface area (Å²) in [7, 11) is -3.55. The van der Waals surface area contributed by atoms with E-state index < -0.39 is 14.8 Å². The van der Waals surface area contributed by atoms with Crippen LogP contribution in [0.5, 0.6) is 0 Å². The summed E-state index contributed by atoms with van der Waals surface area (Å²) in [6, 6.07) is 12.9. The minimum absolute atomic E-state index is 0.0884. The van der Waals surface area contributed by atoms with Gasteiger partial charge in [0.2, 0.25) is 0 Å². The van der Waals surface area contributed by atoms with Gasteiger partial charge in [-0.1, -0.05) is 12.1 Å². The van der Waals surface area contributed by atoms with Crippen LogP contribution in [0.25, 0.3) is 0 Å². The van der Waals surface area contributed by atoms with Gasteiger partial charge in [-0.15, -0.1) is 0 Å². The standard InChI is InChI=1S/C14H10N2O4S/c15-9-11-3-7-14(8-4-11)21(19,20)10-12-1-5-13(6-2-12)16(17)18/h1-8H,10H2. The molecule has 0 saturated heterocycles. The van der Waals surface area contributed by atoms with Crippen molar-refractivity contribution in [1.82, 2.24) is 0 Å². The molecule has 2 aromatic rings. The number of benzene rings is 2. The highest BCUT2D eigenvalue weighted by atomic mass is 32.2. The van der Waals surface area contributed by atoms with Crippen LogP contribution in [0.15, 0.2) is 53.4 Å². The molecule has 0 amide bonds. The molecule has 2 aromatic carbocycles. The van der Waals surface area contributed by atoms with Crippen LogP contribution in [0.3, 0.4) is 0 Å². The second-order valence-electron chi connectivity index (χ2n) is 4.32. The Morgan fingerprint density at radius 3 is 2.10 bits per heavy atom. The Morgan fingerprint density at radius 2 is 1.62 bits per heavy atom. The van der Waals surface area contributed by atoms with Crippen molar-refractivity contribution in [2.24, 2.45) is 0 Å².